The molecule has 0 saturated heterocycles. The molecule has 1 unspecified atom stereocenters. The zero-order chi connectivity index (χ0) is 12.7. The summed E-state index contributed by atoms with van der Waals surface area (Å²) in [5.41, 5.74) is 6.90. The summed E-state index contributed by atoms with van der Waals surface area (Å²) in [6.45, 7) is 2.32. The molecule has 5 nitrogen and oxygen atoms in total. The lowest BCUT2D eigenvalue weighted by molar-refractivity contribution is -0.123. The third kappa shape index (κ3) is 5.33. The molecule has 17 heavy (non-hydrogen) atoms. The van der Waals surface area contributed by atoms with Gasteiger partial charge in [0.1, 0.15) is 6.61 Å². The zero-order valence-electron chi connectivity index (χ0n) is 10.1. The van der Waals surface area contributed by atoms with Crippen molar-refractivity contribution in [2.45, 2.75) is 13.0 Å². The number of amides is 1. The molecule has 0 aliphatic rings. The number of anilines is 2. The largest absolute Gasteiger partial charge is 0.399 e. The number of hydrogen-bond donors (Lipinski definition) is 2. The Bertz CT molecular complexity index is 351. The van der Waals surface area contributed by atoms with Crippen molar-refractivity contribution in [2.24, 2.45) is 0 Å². The summed E-state index contributed by atoms with van der Waals surface area (Å²) in [6.07, 6.45) is -0.0998. The van der Waals surface area contributed by atoms with Gasteiger partial charge in [0.15, 0.2) is 0 Å². The summed E-state index contributed by atoms with van der Waals surface area (Å²) >= 11 is 0. The molecule has 1 amide bonds. The van der Waals surface area contributed by atoms with Crippen LogP contribution in [-0.4, -0.2) is 32.3 Å². The van der Waals surface area contributed by atoms with E-state index in [0.717, 1.165) is 0 Å². The van der Waals surface area contributed by atoms with Gasteiger partial charge in [-0.15, -0.1) is 0 Å². The van der Waals surface area contributed by atoms with E-state index >= 15 is 0 Å². The molecule has 0 saturated carbocycles. The number of nitrogens with two attached hydrogens (primary N) is 1. The standard InChI is InChI=1S/C12H18N2O3/c1-9(7-16-2)17-8-12(15)14-11-5-3-10(13)4-6-11/h3-6,9H,7-8,13H2,1-2H3,(H,14,15). The maximum absolute atomic E-state index is 11.5. The molecule has 1 rings (SSSR count). The first-order valence-corrected chi connectivity index (χ1v) is 5.37. The lowest BCUT2D eigenvalue weighted by Gasteiger charge is -2.11. The van der Waals surface area contributed by atoms with Crippen molar-refractivity contribution in [3.63, 3.8) is 0 Å². The van der Waals surface area contributed by atoms with Crippen molar-refractivity contribution in [2.75, 3.05) is 31.4 Å². The molecular formula is C12H18N2O3. The first kappa shape index (κ1) is 13.5. The van der Waals surface area contributed by atoms with E-state index < -0.39 is 0 Å². The summed E-state index contributed by atoms with van der Waals surface area (Å²) in [4.78, 5) is 11.5. The summed E-state index contributed by atoms with van der Waals surface area (Å²) in [7, 11) is 1.59. The van der Waals surface area contributed by atoms with E-state index in [9.17, 15) is 4.79 Å². The number of methoxy groups -OCH3 is 1. The van der Waals surface area contributed by atoms with Crippen LogP contribution in [0.3, 0.4) is 0 Å². The summed E-state index contributed by atoms with van der Waals surface area (Å²) in [5, 5.41) is 2.71. The molecular weight excluding hydrogens is 220 g/mol. The molecule has 0 aromatic heterocycles. The number of carbonyl (C=O) groups is 1. The van der Waals surface area contributed by atoms with Gasteiger partial charge in [-0.3, -0.25) is 4.79 Å². The SMILES string of the molecule is COCC(C)OCC(=O)Nc1ccc(N)cc1. The van der Waals surface area contributed by atoms with Gasteiger partial charge in [-0.2, -0.15) is 0 Å². The second kappa shape index (κ2) is 6.88. The number of benzene rings is 1. The monoisotopic (exact) mass is 238 g/mol. The fraction of sp³-hybridized carbons (Fsp3) is 0.417. The van der Waals surface area contributed by atoms with Crippen molar-refractivity contribution >= 4 is 17.3 Å². The molecule has 0 aliphatic heterocycles. The van der Waals surface area contributed by atoms with Crippen LogP contribution in [0, 0.1) is 0 Å². The van der Waals surface area contributed by atoms with E-state index in [1.807, 2.05) is 6.92 Å². The van der Waals surface area contributed by atoms with Crippen LogP contribution in [-0.2, 0) is 14.3 Å². The molecule has 0 heterocycles. The molecule has 0 radical (unpaired) electrons. The van der Waals surface area contributed by atoms with E-state index in [1.165, 1.54) is 0 Å². The maximum atomic E-state index is 11.5. The van der Waals surface area contributed by atoms with Gasteiger partial charge in [-0.05, 0) is 31.2 Å². The van der Waals surface area contributed by atoms with Crippen molar-refractivity contribution in [1.82, 2.24) is 0 Å². The van der Waals surface area contributed by atoms with E-state index in [0.29, 0.717) is 18.0 Å². The average molecular weight is 238 g/mol. The minimum Gasteiger partial charge on any atom is -0.399 e. The number of carbonyl (C=O) groups excluding carboxylic acids is 1. The highest BCUT2D eigenvalue weighted by Crippen LogP contribution is 2.10. The highest BCUT2D eigenvalue weighted by Gasteiger charge is 2.06. The molecule has 1 aromatic rings. The van der Waals surface area contributed by atoms with Gasteiger partial charge in [-0.1, -0.05) is 0 Å². The van der Waals surface area contributed by atoms with Crippen LogP contribution in [0.25, 0.3) is 0 Å². The highest BCUT2D eigenvalue weighted by molar-refractivity contribution is 5.91. The number of nitrogen functional groups attached to an aromatic ring is 1. The van der Waals surface area contributed by atoms with Crippen LogP contribution >= 0.6 is 0 Å². The van der Waals surface area contributed by atoms with E-state index in [-0.39, 0.29) is 18.6 Å². The molecule has 3 N–H and O–H groups in total. The molecule has 0 aliphatic carbocycles. The summed E-state index contributed by atoms with van der Waals surface area (Å²) in [5.74, 6) is -0.197. The molecule has 94 valence electrons. The predicted octanol–water partition coefficient (Wildman–Crippen LogP) is 1.26. The molecule has 0 fully saturated rings. The minimum absolute atomic E-state index is 0.00883. The molecule has 1 atom stereocenters. The van der Waals surface area contributed by atoms with Crippen LogP contribution in [0.15, 0.2) is 24.3 Å². The number of rotatable bonds is 6. The van der Waals surface area contributed by atoms with Crippen LogP contribution in [0.5, 0.6) is 0 Å². The van der Waals surface area contributed by atoms with E-state index in [1.54, 1.807) is 31.4 Å². The van der Waals surface area contributed by atoms with Crippen molar-refractivity contribution < 1.29 is 14.3 Å². The van der Waals surface area contributed by atoms with Crippen molar-refractivity contribution in [3.8, 4) is 0 Å². The highest BCUT2D eigenvalue weighted by atomic mass is 16.5. The van der Waals surface area contributed by atoms with Crippen LogP contribution in [0.2, 0.25) is 0 Å². The first-order chi connectivity index (χ1) is 8.11. The van der Waals surface area contributed by atoms with Crippen LogP contribution < -0.4 is 11.1 Å². The van der Waals surface area contributed by atoms with Crippen LogP contribution in [0.4, 0.5) is 11.4 Å². The lowest BCUT2D eigenvalue weighted by atomic mass is 10.3. The maximum Gasteiger partial charge on any atom is 0.250 e. The van der Waals surface area contributed by atoms with Gasteiger partial charge >= 0.3 is 0 Å². The Balaban J connectivity index is 2.32. The van der Waals surface area contributed by atoms with Crippen molar-refractivity contribution in [3.05, 3.63) is 24.3 Å². The summed E-state index contributed by atoms with van der Waals surface area (Å²) in [6, 6.07) is 6.94. The molecule has 0 spiro atoms. The number of nitrogens with one attached hydrogen (secondary N) is 1. The number of hydrogen-bond acceptors (Lipinski definition) is 4. The fourth-order valence-electron chi connectivity index (χ4n) is 1.26. The second-order valence-corrected chi connectivity index (χ2v) is 3.75. The fourth-order valence-corrected chi connectivity index (χ4v) is 1.26. The third-order valence-electron chi connectivity index (χ3n) is 2.09. The van der Waals surface area contributed by atoms with E-state index in [2.05, 4.69) is 5.32 Å². The topological polar surface area (TPSA) is 73.6 Å². The second-order valence-electron chi connectivity index (χ2n) is 3.75. The third-order valence-corrected chi connectivity index (χ3v) is 2.09. The Morgan fingerprint density at radius 1 is 1.41 bits per heavy atom. The van der Waals surface area contributed by atoms with Gasteiger partial charge in [0.05, 0.1) is 12.7 Å². The summed E-state index contributed by atoms with van der Waals surface area (Å²) < 4.78 is 10.2. The van der Waals surface area contributed by atoms with Gasteiger partial charge < -0.3 is 20.5 Å². The predicted molar refractivity (Wildman–Crippen MR) is 66.8 cm³/mol. The minimum atomic E-state index is -0.197. The molecule has 0 bridgehead atoms. The van der Waals surface area contributed by atoms with E-state index in [4.69, 9.17) is 15.2 Å². The van der Waals surface area contributed by atoms with Gasteiger partial charge in [0, 0.05) is 18.5 Å². The zero-order valence-corrected chi connectivity index (χ0v) is 10.1. The molecule has 5 heteroatoms. The lowest BCUT2D eigenvalue weighted by Crippen LogP contribution is -2.24. The number of ether oxygens (including phenoxy) is 2. The van der Waals surface area contributed by atoms with Gasteiger partial charge in [-0.25, -0.2) is 0 Å². The Morgan fingerprint density at radius 3 is 2.65 bits per heavy atom. The first-order valence-electron chi connectivity index (χ1n) is 5.37. The van der Waals surface area contributed by atoms with Crippen LogP contribution in [0.1, 0.15) is 6.92 Å². The van der Waals surface area contributed by atoms with Gasteiger partial charge in [0.2, 0.25) is 5.91 Å². The quantitative estimate of drug-likeness (QED) is 0.732. The molecule has 1 aromatic carbocycles. The smallest absolute Gasteiger partial charge is 0.250 e. The van der Waals surface area contributed by atoms with Crippen molar-refractivity contribution in [1.29, 1.82) is 0 Å². The Hall–Kier alpha value is -1.59. The Kier molecular flexibility index (Phi) is 5.45. The van der Waals surface area contributed by atoms with Gasteiger partial charge in [0.25, 0.3) is 0 Å². The Labute approximate surface area is 101 Å². The average Bonchev–Trinajstić information content (AvgIpc) is 2.30. The Morgan fingerprint density at radius 2 is 2.06 bits per heavy atom. The normalized spacial score (nSPS) is 12.1.